The molecule has 0 bridgehead atoms. The van der Waals surface area contributed by atoms with Crippen molar-refractivity contribution in [2.24, 2.45) is 14.1 Å². The molecule has 26 heavy (non-hydrogen) atoms. The van der Waals surface area contributed by atoms with Crippen LogP contribution in [0.1, 0.15) is 45.0 Å². The van der Waals surface area contributed by atoms with Crippen molar-refractivity contribution in [2.75, 3.05) is 0 Å². The summed E-state index contributed by atoms with van der Waals surface area (Å²) in [6, 6.07) is 2.05. The summed E-state index contributed by atoms with van der Waals surface area (Å²) >= 11 is 0. The molecule has 3 aromatic heterocycles. The van der Waals surface area contributed by atoms with E-state index < -0.39 is 0 Å². The molecule has 0 N–H and O–H groups in total. The summed E-state index contributed by atoms with van der Waals surface area (Å²) in [6.45, 7) is 6.56. The first kappa shape index (κ1) is 18.2. The maximum Gasteiger partial charge on any atom is 0.332 e. The quantitative estimate of drug-likeness (QED) is 0.669. The molecule has 0 atom stereocenters. The summed E-state index contributed by atoms with van der Waals surface area (Å²) in [6.07, 6.45) is 3.32. The number of hydrogen-bond acceptors (Lipinski definition) is 4. The van der Waals surface area contributed by atoms with Crippen molar-refractivity contribution in [3.8, 4) is 5.95 Å². The minimum Gasteiger partial charge on any atom is -0.306 e. The van der Waals surface area contributed by atoms with Crippen molar-refractivity contribution >= 4 is 11.2 Å². The van der Waals surface area contributed by atoms with E-state index in [9.17, 15) is 9.59 Å². The number of rotatable bonds is 6. The zero-order valence-electron chi connectivity index (χ0n) is 16.1. The van der Waals surface area contributed by atoms with Crippen LogP contribution in [0.5, 0.6) is 0 Å². The minimum absolute atomic E-state index is 0.293. The number of fused-ring (bicyclic) bond motifs is 1. The molecule has 0 spiro atoms. The first-order chi connectivity index (χ1) is 12.4. The van der Waals surface area contributed by atoms with Crippen molar-refractivity contribution in [1.82, 2.24) is 28.5 Å². The molecule has 0 fully saturated rings. The van der Waals surface area contributed by atoms with Gasteiger partial charge in [-0.15, -0.1) is 0 Å². The predicted molar refractivity (Wildman–Crippen MR) is 101 cm³/mol. The maximum absolute atomic E-state index is 12.9. The van der Waals surface area contributed by atoms with Gasteiger partial charge in [0, 0.05) is 26.3 Å². The highest BCUT2D eigenvalue weighted by Gasteiger charge is 2.21. The van der Waals surface area contributed by atoms with Crippen LogP contribution in [-0.2, 0) is 33.5 Å². The van der Waals surface area contributed by atoms with Gasteiger partial charge in [0.1, 0.15) is 0 Å². The lowest BCUT2D eigenvalue weighted by atomic mass is 10.3. The fraction of sp³-hybridized carbons (Fsp3) is 0.556. The van der Waals surface area contributed by atoms with Gasteiger partial charge in [0.15, 0.2) is 11.2 Å². The largest absolute Gasteiger partial charge is 0.332 e. The Balaban J connectivity index is 2.31. The lowest BCUT2D eigenvalue weighted by Crippen LogP contribution is -2.39. The van der Waals surface area contributed by atoms with E-state index in [1.807, 2.05) is 6.92 Å². The molecule has 0 saturated carbocycles. The van der Waals surface area contributed by atoms with Crippen LogP contribution in [0.25, 0.3) is 17.1 Å². The summed E-state index contributed by atoms with van der Waals surface area (Å²) in [5.74, 6) is 0.553. The van der Waals surface area contributed by atoms with Crippen LogP contribution < -0.4 is 11.2 Å². The third-order valence-electron chi connectivity index (χ3n) is 4.82. The maximum atomic E-state index is 12.9. The van der Waals surface area contributed by atoms with E-state index in [4.69, 9.17) is 0 Å². The second kappa shape index (κ2) is 6.93. The van der Waals surface area contributed by atoms with Gasteiger partial charge in [-0.25, -0.2) is 9.48 Å². The highest BCUT2D eigenvalue weighted by molar-refractivity contribution is 5.72. The fourth-order valence-electron chi connectivity index (χ4n) is 3.21. The molecule has 3 heterocycles. The summed E-state index contributed by atoms with van der Waals surface area (Å²) in [7, 11) is 3.46. The molecular weight excluding hydrogens is 332 g/mol. The van der Waals surface area contributed by atoms with Gasteiger partial charge in [0.25, 0.3) is 5.56 Å². The Labute approximate surface area is 151 Å². The van der Waals surface area contributed by atoms with Crippen molar-refractivity contribution in [2.45, 2.75) is 53.0 Å². The lowest BCUT2D eigenvalue weighted by Gasteiger charge is -2.08. The average Bonchev–Trinajstić information content (AvgIpc) is 3.20. The summed E-state index contributed by atoms with van der Waals surface area (Å²) in [5, 5.41) is 4.62. The highest BCUT2D eigenvalue weighted by Crippen LogP contribution is 2.17. The Morgan fingerprint density at radius 3 is 2.38 bits per heavy atom. The van der Waals surface area contributed by atoms with Crippen LogP contribution in [0.2, 0.25) is 0 Å². The van der Waals surface area contributed by atoms with Gasteiger partial charge >= 0.3 is 5.69 Å². The van der Waals surface area contributed by atoms with Crippen LogP contribution in [0.3, 0.4) is 0 Å². The minimum atomic E-state index is -0.328. The monoisotopic (exact) mass is 358 g/mol. The van der Waals surface area contributed by atoms with Gasteiger partial charge in [-0.1, -0.05) is 27.2 Å². The Hall–Kier alpha value is -2.64. The first-order valence-electron chi connectivity index (χ1n) is 9.18. The molecule has 0 amide bonds. The molecule has 0 radical (unpaired) electrons. The SMILES string of the molecule is CCCCn1c(=O)c2c(nc(-n3nc(CC)cc3CC)n2C)n(C)c1=O. The second-order valence-electron chi connectivity index (χ2n) is 6.54. The lowest BCUT2D eigenvalue weighted by molar-refractivity contribution is 0.565. The molecule has 8 heteroatoms. The highest BCUT2D eigenvalue weighted by atomic mass is 16.2. The van der Waals surface area contributed by atoms with Gasteiger partial charge in [0.2, 0.25) is 5.95 Å². The molecule has 0 aliphatic heterocycles. The number of unbranched alkanes of at least 4 members (excludes halogenated alkanes) is 1. The van der Waals surface area contributed by atoms with Crippen molar-refractivity contribution in [3.05, 3.63) is 38.3 Å². The van der Waals surface area contributed by atoms with Gasteiger partial charge in [0.05, 0.1) is 5.69 Å². The summed E-state index contributed by atoms with van der Waals surface area (Å²) in [5.41, 5.74) is 2.19. The molecule has 3 aromatic rings. The topological polar surface area (TPSA) is 79.6 Å². The van der Waals surface area contributed by atoms with Crippen molar-refractivity contribution < 1.29 is 0 Å². The van der Waals surface area contributed by atoms with E-state index in [2.05, 4.69) is 30.0 Å². The van der Waals surface area contributed by atoms with E-state index in [-0.39, 0.29) is 11.2 Å². The number of nitrogens with zero attached hydrogens (tertiary/aromatic N) is 6. The molecule has 0 unspecified atom stereocenters. The number of imidazole rings is 1. The standard InChI is InChI=1S/C18H26N6O2/c1-6-9-10-23-16(25)14-15(22(5)18(23)26)19-17(21(14)4)24-13(8-3)11-12(7-2)20-24/h11H,6-10H2,1-5H3. The zero-order valence-corrected chi connectivity index (χ0v) is 16.1. The van der Waals surface area contributed by atoms with E-state index in [1.165, 1.54) is 9.13 Å². The van der Waals surface area contributed by atoms with E-state index >= 15 is 0 Å². The van der Waals surface area contributed by atoms with E-state index in [1.54, 1.807) is 23.3 Å². The smallest absolute Gasteiger partial charge is 0.306 e. The molecular formula is C18H26N6O2. The third-order valence-corrected chi connectivity index (χ3v) is 4.82. The summed E-state index contributed by atoms with van der Waals surface area (Å²) < 4.78 is 6.27. The van der Waals surface area contributed by atoms with Gasteiger partial charge in [-0.3, -0.25) is 13.9 Å². The Bertz CT molecular complexity index is 1070. The molecule has 8 nitrogen and oxygen atoms in total. The molecule has 0 saturated heterocycles. The molecule has 3 rings (SSSR count). The number of aromatic nitrogens is 6. The van der Waals surface area contributed by atoms with E-state index in [0.29, 0.717) is 23.7 Å². The van der Waals surface area contributed by atoms with Crippen LogP contribution in [0.15, 0.2) is 15.7 Å². The normalized spacial score (nSPS) is 11.6. The second-order valence-corrected chi connectivity index (χ2v) is 6.54. The fourth-order valence-corrected chi connectivity index (χ4v) is 3.21. The predicted octanol–water partition coefficient (Wildman–Crippen LogP) is 1.54. The van der Waals surface area contributed by atoms with Gasteiger partial charge in [-0.2, -0.15) is 10.1 Å². The first-order valence-corrected chi connectivity index (χ1v) is 9.18. The summed E-state index contributed by atoms with van der Waals surface area (Å²) in [4.78, 5) is 30.1. The molecule has 0 aromatic carbocycles. The zero-order chi connectivity index (χ0) is 19.0. The Morgan fingerprint density at radius 1 is 1.04 bits per heavy atom. The Morgan fingerprint density at radius 2 is 1.77 bits per heavy atom. The number of aryl methyl sites for hydroxylation is 4. The van der Waals surface area contributed by atoms with Crippen LogP contribution in [0, 0.1) is 0 Å². The molecule has 0 aliphatic carbocycles. The number of hydrogen-bond donors (Lipinski definition) is 0. The van der Waals surface area contributed by atoms with Gasteiger partial charge in [-0.05, 0) is 25.3 Å². The van der Waals surface area contributed by atoms with Crippen LogP contribution in [-0.4, -0.2) is 28.5 Å². The van der Waals surface area contributed by atoms with Crippen LogP contribution in [0.4, 0.5) is 0 Å². The average molecular weight is 358 g/mol. The third kappa shape index (κ3) is 2.69. The van der Waals surface area contributed by atoms with Crippen LogP contribution >= 0.6 is 0 Å². The molecule has 140 valence electrons. The molecule has 0 aliphatic rings. The van der Waals surface area contributed by atoms with Crippen molar-refractivity contribution in [1.29, 1.82) is 0 Å². The Kier molecular flexibility index (Phi) is 4.84. The van der Waals surface area contributed by atoms with Crippen molar-refractivity contribution in [3.63, 3.8) is 0 Å². The van der Waals surface area contributed by atoms with Gasteiger partial charge < -0.3 is 4.57 Å². The van der Waals surface area contributed by atoms with E-state index in [0.717, 1.165) is 37.1 Å².